The van der Waals surface area contributed by atoms with E-state index in [0.29, 0.717) is 19.8 Å². The molecule has 1 rings (SSSR count). The second kappa shape index (κ2) is 5.81. The zero-order chi connectivity index (χ0) is 11.1. The number of hydrogen-bond acceptors (Lipinski definition) is 5. The summed E-state index contributed by atoms with van der Waals surface area (Å²) in [5, 5.41) is 0.0429. The van der Waals surface area contributed by atoms with Gasteiger partial charge in [-0.25, -0.2) is 18.1 Å². The molecule has 0 unspecified atom stereocenters. The average Bonchev–Trinajstić information content (AvgIpc) is 2.70. The molecule has 0 atom stereocenters. The molecule has 0 saturated carbocycles. The first-order valence-electron chi connectivity index (χ1n) is 4.42. The van der Waals surface area contributed by atoms with Gasteiger partial charge in [0.1, 0.15) is 0 Å². The molecule has 4 N–H and O–H groups in total. The van der Waals surface area contributed by atoms with Crippen molar-refractivity contribution >= 4 is 10.0 Å². The lowest BCUT2D eigenvalue weighted by molar-refractivity contribution is 0.147. The number of nitrogens with zero attached hydrogens (tertiary/aromatic N) is 1. The van der Waals surface area contributed by atoms with E-state index in [-0.39, 0.29) is 11.6 Å². The van der Waals surface area contributed by atoms with Gasteiger partial charge in [-0.05, 0) is 0 Å². The SMILES string of the molecule is NCCOCCNS(=O)(=O)c1cnc[nH]1. The summed E-state index contributed by atoms with van der Waals surface area (Å²) in [5.74, 6) is 0. The summed E-state index contributed by atoms with van der Waals surface area (Å²) >= 11 is 0. The van der Waals surface area contributed by atoms with E-state index in [1.807, 2.05) is 0 Å². The number of aromatic nitrogens is 2. The van der Waals surface area contributed by atoms with Gasteiger partial charge in [0.2, 0.25) is 0 Å². The van der Waals surface area contributed by atoms with E-state index in [9.17, 15) is 8.42 Å². The quantitative estimate of drug-likeness (QED) is 0.506. The summed E-state index contributed by atoms with van der Waals surface area (Å²) in [7, 11) is -3.48. The number of ether oxygens (including phenoxy) is 1. The third kappa shape index (κ3) is 3.96. The maximum Gasteiger partial charge on any atom is 0.257 e. The van der Waals surface area contributed by atoms with Gasteiger partial charge < -0.3 is 15.5 Å². The van der Waals surface area contributed by atoms with Crippen LogP contribution in [0.2, 0.25) is 0 Å². The molecule has 0 aliphatic carbocycles. The van der Waals surface area contributed by atoms with Crippen LogP contribution in [0.5, 0.6) is 0 Å². The fourth-order valence-corrected chi connectivity index (χ4v) is 1.82. The van der Waals surface area contributed by atoms with Crippen LogP contribution in [0.4, 0.5) is 0 Å². The first-order valence-corrected chi connectivity index (χ1v) is 5.91. The number of hydrogen-bond donors (Lipinski definition) is 3. The van der Waals surface area contributed by atoms with Gasteiger partial charge in [0.05, 0.1) is 25.7 Å². The maximum absolute atomic E-state index is 11.5. The molecule has 1 heterocycles. The molecule has 0 aliphatic rings. The highest BCUT2D eigenvalue weighted by Gasteiger charge is 2.13. The number of aromatic amines is 1. The summed E-state index contributed by atoms with van der Waals surface area (Å²) in [6.45, 7) is 1.35. The Morgan fingerprint density at radius 2 is 2.33 bits per heavy atom. The molecule has 86 valence electrons. The van der Waals surface area contributed by atoms with Gasteiger partial charge >= 0.3 is 0 Å². The van der Waals surface area contributed by atoms with Gasteiger partial charge in [0.15, 0.2) is 5.03 Å². The third-order valence-corrected chi connectivity index (χ3v) is 2.95. The Morgan fingerprint density at radius 1 is 1.53 bits per heavy atom. The number of rotatable bonds is 7. The molecular formula is C7H14N4O3S. The van der Waals surface area contributed by atoms with Crippen LogP contribution in [0.25, 0.3) is 0 Å². The summed E-state index contributed by atoms with van der Waals surface area (Å²) < 4.78 is 30.3. The van der Waals surface area contributed by atoms with E-state index in [1.54, 1.807) is 0 Å². The smallest absolute Gasteiger partial charge is 0.257 e. The zero-order valence-corrected chi connectivity index (χ0v) is 8.96. The monoisotopic (exact) mass is 234 g/mol. The predicted molar refractivity (Wildman–Crippen MR) is 53.6 cm³/mol. The van der Waals surface area contributed by atoms with Crippen LogP contribution in [0.15, 0.2) is 17.6 Å². The van der Waals surface area contributed by atoms with Crippen molar-refractivity contribution in [2.24, 2.45) is 5.73 Å². The normalized spacial score (nSPS) is 11.8. The molecule has 0 aromatic carbocycles. The van der Waals surface area contributed by atoms with Gasteiger partial charge in [-0.3, -0.25) is 0 Å². The van der Waals surface area contributed by atoms with E-state index in [4.69, 9.17) is 10.5 Å². The molecule has 0 aliphatic heterocycles. The van der Waals surface area contributed by atoms with Gasteiger partial charge in [0.25, 0.3) is 10.0 Å². The Balaban J connectivity index is 2.32. The first kappa shape index (κ1) is 12.1. The number of sulfonamides is 1. The Bertz CT molecular complexity index is 362. The van der Waals surface area contributed by atoms with Crippen molar-refractivity contribution in [2.45, 2.75) is 5.03 Å². The standard InChI is InChI=1S/C7H14N4O3S/c8-1-3-14-4-2-11-15(12,13)7-5-9-6-10-7/h5-6,11H,1-4,8H2,(H,9,10). The van der Waals surface area contributed by atoms with Crippen molar-refractivity contribution in [1.82, 2.24) is 14.7 Å². The van der Waals surface area contributed by atoms with Crippen LogP contribution in [-0.4, -0.2) is 44.7 Å². The Morgan fingerprint density at radius 3 is 2.93 bits per heavy atom. The number of imidazole rings is 1. The van der Waals surface area contributed by atoms with Crippen LogP contribution in [0, 0.1) is 0 Å². The van der Waals surface area contributed by atoms with Gasteiger partial charge in [-0.15, -0.1) is 0 Å². The topological polar surface area (TPSA) is 110 Å². The molecule has 0 spiro atoms. The number of nitrogens with one attached hydrogen (secondary N) is 2. The van der Waals surface area contributed by atoms with Crippen molar-refractivity contribution in [3.8, 4) is 0 Å². The van der Waals surface area contributed by atoms with Crippen molar-refractivity contribution in [2.75, 3.05) is 26.3 Å². The minimum atomic E-state index is -3.48. The molecule has 1 aromatic heterocycles. The fourth-order valence-electron chi connectivity index (χ4n) is 0.901. The fraction of sp³-hybridized carbons (Fsp3) is 0.571. The molecule has 0 amide bonds. The van der Waals surface area contributed by atoms with Crippen LogP contribution < -0.4 is 10.5 Å². The van der Waals surface area contributed by atoms with E-state index >= 15 is 0 Å². The first-order chi connectivity index (χ1) is 7.17. The van der Waals surface area contributed by atoms with E-state index < -0.39 is 10.0 Å². The molecule has 8 heteroatoms. The molecule has 0 saturated heterocycles. The van der Waals surface area contributed by atoms with Crippen LogP contribution in [-0.2, 0) is 14.8 Å². The predicted octanol–water partition coefficient (Wildman–Crippen LogP) is -1.34. The second-order valence-corrected chi connectivity index (χ2v) is 4.45. The Labute approximate surface area is 88.1 Å². The molecule has 1 aromatic rings. The largest absolute Gasteiger partial charge is 0.379 e. The summed E-state index contributed by atoms with van der Waals surface area (Å²) in [4.78, 5) is 6.13. The van der Waals surface area contributed by atoms with Crippen LogP contribution >= 0.6 is 0 Å². The summed E-state index contributed by atoms with van der Waals surface area (Å²) in [6, 6.07) is 0. The molecule has 0 fully saturated rings. The summed E-state index contributed by atoms with van der Waals surface area (Å²) in [5.41, 5.74) is 5.20. The van der Waals surface area contributed by atoms with Gasteiger partial charge in [-0.2, -0.15) is 0 Å². The molecule has 15 heavy (non-hydrogen) atoms. The number of H-pyrrole nitrogens is 1. The van der Waals surface area contributed by atoms with Gasteiger partial charge in [0, 0.05) is 13.1 Å². The highest BCUT2D eigenvalue weighted by molar-refractivity contribution is 7.89. The van der Waals surface area contributed by atoms with Crippen molar-refractivity contribution in [3.63, 3.8) is 0 Å². The summed E-state index contributed by atoms with van der Waals surface area (Å²) in [6.07, 6.45) is 2.54. The molecule has 7 nitrogen and oxygen atoms in total. The lowest BCUT2D eigenvalue weighted by atomic mass is 10.7. The lowest BCUT2D eigenvalue weighted by Gasteiger charge is -2.04. The van der Waals surface area contributed by atoms with Crippen LogP contribution in [0.1, 0.15) is 0 Å². The molecular weight excluding hydrogens is 220 g/mol. The zero-order valence-electron chi connectivity index (χ0n) is 8.14. The lowest BCUT2D eigenvalue weighted by Crippen LogP contribution is -2.28. The second-order valence-electron chi connectivity index (χ2n) is 2.71. The number of nitrogens with two attached hydrogens (primary N) is 1. The Hall–Kier alpha value is -0.960. The van der Waals surface area contributed by atoms with Crippen LogP contribution in [0.3, 0.4) is 0 Å². The Kier molecular flexibility index (Phi) is 4.69. The molecule has 0 bridgehead atoms. The highest BCUT2D eigenvalue weighted by Crippen LogP contribution is 2.00. The third-order valence-electron chi connectivity index (χ3n) is 1.56. The minimum Gasteiger partial charge on any atom is -0.379 e. The highest BCUT2D eigenvalue weighted by atomic mass is 32.2. The van der Waals surface area contributed by atoms with Crippen molar-refractivity contribution < 1.29 is 13.2 Å². The maximum atomic E-state index is 11.5. The van der Waals surface area contributed by atoms with E-state index in [0.717, 1.165) is 0 Å². The average molecular weight is 234 g/mol. The molecule has 0 radical (unpaired) electrons. The van der Waals surface area contributed by atoms with Crippen molar-refractivity contribution in [1.29, 1.82) is 0 Å². The van der Waals surface area contributed by atoms with E-state index in [1.165, 1.54) is 12.5 Å². The van der Waals surface area contributed by atoms with E-state index in [2.05, 4.69) is 14.7 Å². The minimum absolute atomic E-state index is 0.0429. The van der Waals surface area contributed by atoms with Gasteiger partial charge in [-0.1, -0.05) is 0 Å². The van der Waals surface area contributed by atoms with Crippen molar-refractivity contribution in [3.05, 3.63) is 12.5 Å².